The Morgan fingerprint density at radius 3 is 3.05 bits per heavy atom. The van der Waals surface area contributed by atoms with Gasteiger partial charge in [0.25, 0.3) is 0 Å². The molecular formula is C17H25N3. The number of nitrogens with zero attached hydrogens (tertiary/aromatic N) is 2. The average molecular weight is 271 g/mol. The van der Waals surface area contributed by atoms with Gasteiger partial charge in [-0.05, 0) is 43.7 Å². The molecule has 2 aromatic heterocycles. The van der Waals surface area contributed by atoms with Crippen molar-refractivity contribution in [3.8, 4) is 0 Å². The van der Waals surface area contributed by atoms with E-state index in [-0.39, 0.29) is 0 Å². The zero-order valence-corrected chi connectivity index (χ0v) is 12.8. The Hall–Kier alpha value is -1.35. The topological polar surface area (TPSA) is 29.3 Å². The minimum atomic E-state index is 0.491. The largest absolute Gasteiger partial charge is 0.308 e. The van der Waals surface area contributed by atoms with Crippen molar-refractivity contribution in [3.05, 3.63) is 35.8 Å². The minimum Gasteiger partial charge on any atom is -0.308 e. The molecule has 20 heavy (non-hydrogen) atoms. The number of nitrogens with one attached hydrogen (secondary N) is 1. The molecule has 1 aliphatic rings. The van der Waals surface area contributed by atoms with Gasteiger partial charge in [0, 0.05) is 18.8 Å². The summed E-state index contributed by atoms with van der Waals surface area (Å²) in [7, 11) is 0. The van der Waals surface area contributed by atoms with Crippen LogP contribution in [0.25, 0.3) is 5.65 Å². The van der Waals surface area contributed by atoms with Crippen LogP contribution in [0.1, 0.15) is 50.9 Å². The molecule has 1 N–H and O–H groups in total. The first kappa shape index (κ1) is 13.6. The third kappa shape index (κ3) is 2.73. The fourth-order valence-corrected chi connectivity index (χ4v) is 3.49. The first-order chi connectivity index (χ1) is 9.55. The molecule has 0 aromatic carbocycles. The van der Waals surface area contributed by atoms with Crippen molar-refractivity contribution in [2.45, 2.75) is 59.0 Å². The molecule has 108 valence electrons. The standard InChI is InChI=1S/C17H25N3/c1-13-15(20-10-5-4-8-16(20)19-13)12-18-14-7-6-9-17(2,3)11-14/h4-5,8,10,14,18H,6-7,9,11-12H2,1-3H3. The smallest absolute Gasteiger partial charge is 0.137 e. The highest BCUT2D eigenvalue weighted by molar-refractivity contribution is 5.42. The molecule has 2 heterocycles. The van der Waals surface area contributed by atoms with Crippen LogP contribution in [0.2, 0.25) is 0 Å². The van der Waals surface area contributed by atoms with Gasteiger partial charge in [-0.2, -0.15) is 0 Å². The predicted octanol–water partition coefficient (Wildman–Crippen LogP) is 3.70. The maximum Gasteiger partial charge on any atom is 0.137 e. The van der Waals surface area contributed by atoms with Gasteiger partial charge in [-0.15, -0.1) is 0 Å². The van der Waals surface area contributed by atoms with Gasteiger partial charge in [-0.3, -0.25) is 0 Å². The first-order valence-corrected chi connectivity index (χ1v) is 7.71. The summed E-state index contributed by atoms with van der Waals surface area (Å²) in [4.78, 5) is 4.63. The van der Waals surface area contributed by atoms with Crippen molar-refractivity contribution in [3.63, 3.8) is 0 Å². The Kier molecular flexibility index (Phi) is 3.55. The molecule has 1 aliphatic carbocycles. The lowest BCUT2D eigenvalue weighted by atomic mass is 9.75. The number of hydrogen-bond donors (Lipinski definition) is 1. The third-order valence-corrected chi connectivity index (χ3v) is 4.59. The lowest BCUT2D eigenvalue weighted by Gasteiger charge is -2.35. The van der Waals surface area contributed by atoms with E-state index in [2.05, 4.69) is 53.8 Å². The van der Waals surface area contributed by atoms with Crippen molar-refractivity contribution < 1.29 is 0 Å². The van der Waals surface area contributed by atoms with Crippen LogP contribution in [-0.2, 0) is 6.54 Å². The number of aromatic nitrogens is 2. The van der Waals surface area contributed by atoms with Gasteiger partial charge in [-0.25, -0.2) is 4.98 Å². The highest BCUT2D eigenvalue weighted by atomic mass is 15.0. The molecule has 0 bridgehead atoms. The molecular weight excluding hydrogens is 246 g/mol. The van der Waals surface area contributed by atoms with Gasteiger partial charge in [0.2, 0.25) is 0 Å². The molecule has 1 atom stereocenters. The van der Waals surface area contributed by atoms with Gasteiger partial charge in [-0.1, -0.05) is 26.3 Å². The summed E-state index contributed by atoms with van der Waals surface area (Å²) in [6.07, 6.45) is 7.40. The van der Waals surface area contributed by atoms with Crippen LogP contribution in [0.15, 0.2) is 24.4 Å². The van der Waals surface area contributed by atoms with Gasteiger partial charge >= 0.3 is 0 Å². The molecule has 3 heteroatoms. The predicted molar refractivity (Wildman–Crippen MR) is 82.8 cm³/mol. The summed E-state index contributed by atoms with van der Waals surface area (Å²) < 4.78 is 2.20. The summed E-state index contributed by atoms with van der Waals surface area (Å²) in [6, 6.07) is 6.83. The maximum atomic E-state index is 4.63. The minimum absolute atomic E-state index is 0.491. The van der Waals surface area contributed by atoms with Crippen LogP contribution in [-0.4, -0.2) is 15.4 Å². The van der Waals surface area contributed by atoms with Crippen LogP contribution >= 0.6 is 0 Å². The Morgan fingerprint density at radius 1 is 1.40 bits per heavy atom. The molecule has 3 rings (SSSR count). The van der Waals surface area contributed by atoms with Gasteiger partial charge < -0.3 is 9.72 Å². The Labute approximate surface area is 121 Å². The summed E-state index contributed by atoms with van der Waals surface area (Å²) in [5, 5.41) is 3.75. The van der Waals surface area contributed by atoms with E-state index >= 15 is 0 Å². The van der Waals surface area contributed by atoms with E-state index in [1.165, 1.54) is 31.4 Å². The zero-order chi connectivity index (χ0) is 14.2. The van der Waals surface area contributed by atoms with E-state index in [9.17, 15) is 0 Å². The van der Waals surface area contributed by atoms with E-state index in [0.717, 1.165) is 17.9 Å². The molecule has 1 saturated carbocycles. The normalized spacial score (nSPS) is 22.2. The van der Waals surface area contributed by atoms with Gasteiger partial charge in [0.15, 0.2) is 0 Å². The van der Waals surface area contributed by atoms with E-state index in [1.54, 1.807) is 0 Å². The number of pyridine rings is 1. The van der Waals surface area contributed by atoms with Crippen molar-refractivity contribution in [1.82, 2.24) is 14.7 Å². The number of hydrogen-bond acceptors (Lipinski definition) is 2. The van der Waals surface area contributed by atoms with Crippen molar-refractivity contribution in [1.29, 1.82) is 0 Å². The van der Waals surface area contributed by atoms with E-state index in [0.29, 0.717) is 11.5 Å². The third-order valence-electron chi connectivity index (χ3n) is 4.59. The second-order valence-electron chi connectivity index (χ2n) is 6.91. The molecule has 2 aromatic rings. The summed E-state index contributed by atoms with van der Waals surface area (Å²) >= 11 is 0. The Bertz CT molecular complexity index is 597. The highest BCUT2D eigenvalue weighted by Gasteiger charge is 2.27. The van der Waals surface area contributed by atoms with Crippen LogP contribution in [0.5, 0.6) is 0 Å². The lowest BCUT2D eigenvalue weighted by molar-refractivity contribution is 0.197. The second kappa shape index (κ2) is 5.21. The average Bonchev–Trinajstić information content (AvgIpc) is 2.71. The van der Waals surface area contributed by atoms with Crippen molar-refractivity contribution in [2.75, 3.05) is 0 Å². The van der Waals surface area contributed by atoms with Gasteiger partial charge in [0.1, 0.15) is 5.65 Å². The summed E-state index contributed by atoms with van der Waals surface area (Å²) in [6.45, 7) is 7.80. The van der Waals surface area contributed by atoms with Crippen molar-refractivity contribution >= 4 is 5.65 Å². The molecule has 1 fully saturated rings. The van der Waals surface area contributed by atoms with E-state index in [1.807, 2.05) is 6.07 Å². The lowest BCUT2D eigenvalue weighted by Crippen LogP contribution is -2.37. The molecule has 0 radical (unpaired) electrons. The van der Waals surface area contributed by atoms with Gasteiger partial charge in [0.05, 0.1) is 11.4 Å². The molecule has 0 saturated heterocycles. The Morgan fingerprint density at radius 2 is 2.25 bits per heavy atom. The fourth-order valence-electron chi connectivity index (χ4n) is 3.49. The molecule has 1 unspecified atom stereocenters. The number of rotatable bonds is 3. The second-order valence-corrected chi connectivity index (χ2v) is 6.91. The van der Waals surface area contributed by atoms with Crippen molar-refractivity contribution in [2.24, 2.45) is 5.41 Å². The Balaban J connectivity index is 1.72. The maximum absolute atomic E-state index is 4.63. The molecule has 0 spiro atoms. The van der Waals surface area contributed by atoms with Crippen LogP contribution in [0.3, 0.4) is 0 Å². The van der Waals surface area contributed by atoms with Crippen LogP contribution in [0, 0.1) is 12.3 Å². The molecule has 3 nitrogen and oxygen atoms in total. The summed E-state index contributed by atoms with van der Waals surface area (Å²) in [5.74, 6) is 0. The van der Waals surface area contributed by atoms with Crippen LogP contribution < -0.4 is 5.32 Å². The SMILES string of the molecule is Cc1nc2ccccn2c1CNC1CCCC(C)(C)C1. The first-order valence-electron chi connectivity index (χ1n) is 7.71. The van der Waals surface area contributed by atoms with E-state index < -0.39 is 0 Å². The number of aryl methyl sites for hydroxylation is 1. The monoisotopic (exact) mass is 271 g/mol. The number of imidazole rings is 1. The van der Waals surface area contributed by atoms with E-state index in [4.69, 9.17) is 0 Å². The number of fused-ring (bicyclic) bond motifs is 1. The molecule has 0 amide bonds. The fraction of sp³-hybridized carbons (Fsp3) is 0.588. The molecule has 0 aliphatic heterocycles. The summed E-state index contributed by atoms with van der Waals surface area (Å²) in [5.41, 5.74) is 3.97. The quantitative estimate of drug-likeness (QED) is 0.922. The zero-order valence-electron chi connectivity index (χ0n) is 12.8. The highest BCUT2D eigenvalue weighted by Crippen LogP contribution is 2.35. The van der Waals surface area contributed by atoms with Crippen LogP contribution in [0.4, 0.5) is 0 Å².